The molecule has 1 fully saturated rings. The Balaban J connectivity index is 1.44. The molecule has 1 saturated carbocycles. The van der Waals surface area contributed by atoms with Gasteiger partial charge in [-0.25, -0.2) is 8.42 Å². The maximum Gasteiger partial charge on any atom is 0.255 e. The summed E-state index contributed by atoms with van der Waals surface area (Å²) in [4.78, 5) is 24.8. The lowest BCUT2D eigenvalue weighted by molar-refractivity contribution is -0.116. The van der Waals surface area contributed by atoms with Crippen molar-refractivity contribution in [2.75, 3.05) is 18.5 Å². The van der Waals surface area contributed by atoms with E-state index in [0.717, 1.165) is 12.8 Å². The molecular formula is C24H30N2O5S. The second-order valence-corrected chi connectivity index (χ2v) is 10.0. The quantitative estimate of drug-likeness (QED) is 0.525. The molecule has 32 heavy (non-hydrogen) atoms. The highest BCUT2D eigenvalue weighted by Crippen LogP contribution is 2.30. The molecule has 0 saturated heterocycles. The second kappa shape index (κ2) is 11.1. The monoisotopic (exact) mass is 458 g/mol. The minimum Gasteiger partial charge on any atom is -0.493 e. The summed E-state index contributed by atoms with van der Waals surface area (Å²) in [5.41, 5.74) is 1.02. The van der Waals surface area contributed by atoms with E-state index in [9.17, 15) is 18.0 Å². The number of ether oxygens (including phenoxy) is 1. The van der Waals surface area contributed by atoms with E-state index in [2.05, 4.69) is 10.6 Å². The van der Waals surface area contributed by atoms with Crippen LogP contribution < -0.4 is 15.4 Å². The van der Waals surface area contributed by atoms with Crippen LogP contribution in [0.15, 0.2) is 53.4 Å². The summed E-state index contributed by atoms with van der Waals surface area (Å²) in [6.45, 7) is 2.68. The number of carbonyl (C=O) groups is 2. The minimum absolute atomic E-state index is 0.194. The number of nitrogens with one attached hydrogen (secondary N) is 2. The van der Waals surface area contributed by atoms with Crippen LogP contribution in [-0.4, -0.2) is 38.6 Å². The first-order chi connectivity index (χ1) is 15.4. The highest BCUT2D eigenvalue weighted by Gasteiger charge is 2.30. The smallest absolute Gasteiger partial charge is 0.255 e. The van der Waals surface area contributed by atoms with E-state index >= 15 is 0 Å². The molecule has 0 unspecified atom stereocenters. The van der Waals surface area contributed by atoms with Crippen molar-refractivity contribution in [3.63, 3.8) is 0 Å². The number of rotatable bonds is 10. The van der Waals surface area contributed by atoms with Crippen molar-refractivity contribution in [2.45, 2.75) is 55.6 Å². The predicted molar refractivity (Wildman–Crippen MR) is 124 cm³/mol. The lowest BCUT2D eigenvalue weighted by Crippen LogP contribution is -2.26. The van der Waals surface area contributed by atoms with E-state index < -0.39 is 9.84 Å². The van der Waals surface area contributed by atoms with E-state index in [4.69, 9.17) is 4.74 Å². The summed E-state index contributed by atoms with van der Waals surface area (Å²) >= 11 is 0. The lowest BCUT2D eigenvalue weighted by Gasteiger charge is -2.12. The zero-order chi connectivity index (χ0) is 23.0. The number of benzene rings is 2. The van der Waals surface area contributed by atoms with Crippen LogP contribution in [0.1, 0.15) is 55.8 Å². The topological polar surface area (TPSA) is 102 Å². The van der Waals surface area contributed by atoms with Gasteiger partial charge in [0.15, 0.2) is 9.84 Å². The molecule has 0 bridgehead atoms. The van der Waals surface area contributed by atoms with E-state index in [1.54, 1.807) is 42.5 Å². The first kappa shape index (κ1) is 23.8. The van der Waals surface area contributed by atoms with Gasteiger partial charge in [0.25, 0.3) is 5.91 Å². The number of hydrogen-bond acceptors (Lipinski definition) is 5. The Bertz CT molecular complexity index is 1030. The molecule has 2 aromatic rings. The standard InChI is InChI=1S/C24H30N2O5S/c1-2-31-22-11-6-5-10-21(22)24(28)25-17-7-12-23(27)26-18-13-15-20(16-14-18)32(29,30)19-8-3-4-9-19/h5-6,10-11,13-16,19H,2-4,7-9,12,17H2,1H3,(H,25,28)(H,26,27). The van der Waals surface area contributed by atoms with Gasteiger partial charge < -0.3 is 15.4 Å². The Hall–Kier alpha value is -2.87. The SMILES string of the molecule is CCOc1ccccc1C(=O)NCCCC(=O)Nc1ccc(S(=O)(=O)C2CCCC2)cc1. The van der Waals surface area contributed by atoms with Crippen LogP contribution in [0.4, 0.5) is 5.69 Å². The predicted octanol–water partition coefficient (Wildman–Crippen LogP) is 3.95. The Morgan fingerprint density at radius 1 is 1.03 bits per heavy atom. The zero-order valence-corrected chi connectivity index (χ0v) is 19.1. The van der Waals surface area contributed by atoms with Gasteiger partial charge in [-0.2, -0.15) is 0 Å². The molecule has 172 valence electrons. The molecule has 0 atom stereocenters. The summed E-state index contributed by atoms with van der Waals surface area (Å²) in [5.74, 6) is 0.0949. The highest BCUT2D eigenvalue weighted by atomic mass is 32.2. The third-order valence-corrected chi connectivity index (χ3v) is 7.78. The fourth-order valence-corrected chi connectivity index (χ4v) is 5.68. The van der Waals surface area contributed by atoms with Gasteiger partial charge in [0.2, 0.25) is 5.91 Å². The molecule has 1 aliphatic carbocycles. The number of anilines is 1. The Morgan fingerprint density at radius 2 is 1.72 bits per heavy atom. The third kappa shape index (κ3) is 6.09. The molecule has 0 aliphatic heterocycles. The van der Waals surface area contributed by atoms with Gasteiger partial charge in [0.05, 0.1) is 22.3 Å². The summed E-state index contributed by atoms with van der Waals surface area (Å²) in [7, 11) is -3.30. The third-order valence-electron chi connectivity index (χ3n) is 5.51. The van der Waals surface area contributed by atoms with Gasteiger partial charge in [-0.3, -0.25) is 9.59 Å². The van der Waals surface area contributed by atoms with Gasteiger partial charge in [0, 0.05) is 18.7 Å². The lowest BCUT2D eigenvalue weighted by atomic mass is 10.2. The molecule has 2 amide bonds. The number of para-hydroxylation sites is 1. The van der Waals surface area contributed by atoms with Crippen LogP contribution in [-0.2, 0) is 14.6 Å². The number of amides is 2. The van der Waals surface area contributed by atoms with E-state index in [1.165, 1.54) is 0 Å². The molecule has 0 aromatic heterocycles. The zero-order valence-electron chi connectivity index (χ0n) is 18.3. The normalized spacial score (nSPS) is 14.2. The molecule has 8 heteroatoms. The summed E-state index contributed by atoms with van der Waals surface area (Å²) in [6.07, 6.45) is 4.05. The van der Waals surface area contributed by atoms with Crippen molar-refractivity contribution in [3.05, 3.63) is 54.1 Å². The Labute approximate surface area is 189 Å². The second-order valence-electron chi connectivity index (χ2n) is 7.81. The van der Waals surface area contributed by atoms with Crippen molar-refractivity contribution in [3.8, 4) is 5.75 Å². The molecule has 0 radical (unpaired) electrons. The Morgan fingerprint density at radius 3 is 2.41 bits per heavy atom. The fraction of sp³-hybridized carbons (Fsp3) is 0.417. The maximum atomic E-state index is 12.6. The molecule has 0 heterocycles. The first-order valence-corrected chi connectivity index (χ1v) is 12.6. The summed E-state index contributed by atoms with van der Waals surface area (Å²) < 4.78 is 30.7. The van der Waals surface area contributed by atoms with Crippen LogP contribution in [0.2, 0.25) is 0 Å². The van der Waals surface area contributed by atoms with Crippen LogP contribution in [0.3, 0.4) is 0 Å². The molecule has 3 rings (SSSR count). The van der Waals surface area contributed by atoms with E-state index in [-0.39, 0.29) is 23.5 Å². The van der Waals surface area contributed by atoms with Crippen molar-refractivity contribution in [2.24, 2.45) is 0 Å². The molecule has 7 nitrogen and oxygen atoms in total. The number of hydrogen-bond donors (Lipinski definition) is 2. The van der Waals surface area contributed by atoms with Crippen LogP contribution in [0.5, 0.6) is 5.75 Å². The molecule has 2 aromatic carbocycles. The van der Waals surface area contributed by atoms with E-state index in [1.807, 2.05) is 13.0 Å². The van der Waals surface area contributed by atoms with Crippen LogP contribution >= 0.6 is 0 Å². The maximum absolute atomic E-state index is 12.6. The van der Waals surface area contributed by atoms with Gasteiger partial charge in [-0.1, -0.05) is 25.0 Å². The summed E-state index contributed by atoms with van der Waals surface area (Å²) in [6, 6.07) is 13.4. The molecular weight excluding hydrogens is 428 g/mol. The average Bonchev–Trinajstić information content (AvgIpc) is 3.34. The van der Waals surface area contributed by atoms with Gasteiger partial charge in [0.1, 0.15) is 5.75 Å². The number of sulfone groups is 1. The molecule has 0 spiro atoms. The fourth-order valence-electron chi connectivity index (χ4n) is 3.82. The summed E-state index contributed by atoms with van der Waals surface area (Å²) in [5, 5.41) is 5.28. The average molecular weight is 459 g/mol. The van der Waals surface area contributed by atoms with Crippen molar-refractivity contribution < 1.29 is 22.7 Å². The van der Waals surface area contributed by atoms with Gasteiger partial charge in [-0.15, -0.1) is 0 Å². The Kier molecular flexibility index (Phi) is 8.27. The largest absolute Gasteiger partial charge is 0.493 e. The highest BCUT2D eigenvalue weighted by molar-refractivity contribution is 7.92. The first-order valence-electron chi connectivity index (χ1n) is 11.1. The van der Waals surface area contributed by atoms with Crippen LogP contribution in [0.25, 0.3) is 0 Å². The van der Waals surface area contributed by atoms with Crippen LogP contribution in [0, 0.1) is 0 Å². The van der Waals surface area contributed by atoms with Gasteiger partial charge >= 0.3 is 0 Å². The van der Waals surface area contributed by atoms with E-state index in [0.29, 0.717) is 54.3 Å². The van der Waals surface area contributed by atoms with Crippen molar-refractivity contribution in [1.29, 1.82) is 0 Å². The van der Waals surface area contributed by atoms with Gasteiger partial charge in [-0.05, 0) is 62.6 Å². The van der Waals surface area contributed by atoms with Crippen molar-refractivity contribution >= 4 is 27.3 Å². The van der Waals surface area contributed by atoms with Crippen molar-refractivity contribution in [1.82, 2.24) is 5.32 Å². The number of carbonyl (C=O) groups excluding carboxylic acids is 2. The molecule has 1 aliphatic rings. The minimum atomic E-state index is -3.30. The molecule has 2 N–H and O–H groups in total.